The summed E-state index contributed by atoms with van der Waals surface area (Å²) in [6.45, 7) is 0.599. The number of benzene rings is 4. The van der Waals surface area contributed by atoms with Gasteiger partial charge in [0.1, 0.15) is 24.2 Å². The molecule has 54 heavy (non-hydrogen) atoms. The van der Waals surface area contributed by atoms with E-state index in [4.69, 9.17) is 0 Å². The number of carbonyl (C=O) groups excluding carboxylic acids is 6. The lowest BCUT2D eigenvalue weighted by Crippen LogP contribution is -2.54. The molecule has 0 unspecified atom stereocenters. The number of nitrogens with zero attached hydrogens (tertiary/aromatic N) is 2. The molecule has 2 saturated heterocycles. The van der Waals surface area contributed by atoms with Crippen molar-refractivity contribution in [3.63, 3.8) is 0 Å². The Labute approximate surface area is 313 Å². The quantitative estimate of drug-likeness (QED) is 0.250. The molecule has 3 heterocycles. The number of anilines is 2. The van der Waals surface area contributed by atoms with E-state index < -0.39 is 59.6 Å². The molecule has 7 rings (SSSR count). The van der Waals surface area contributed by atoms with Crippen LogP contribution < -0.4 is 21.3 Å². The van der Waals surface area contributed by atoms with Gasteiger partial charge >= 0.3 is 0 Å². The second kappa shape index (κ2) is 16.2. The minimum absolute atomic E-state index is 0.142. The summed E-state index contributed by atoms with van der Waals surface area (Å²) < 4.78 is 0. The van der Waals surface area contributed by atoms with Gasteiger partial charge in [0.15, 0.2) is 0 Å². The first kappa shape index (κ1) is 36.1. The van der Waals surface area contributed by atoms with Gasteiger partial charge in [0.05, 0.1) is 22.5 Å². The Balaban J connectivity index is 1.28. The van der Waals surface area contributed by atoms with Crippen molar-refractivity contribution in [3.05, 3.63) is 131 Å². The van der Waals surface area contributed by atoms with Crippen LogP contribution in [0.15, 0.2) is 109 Å². The molecule has 6 amide bonds. The van der Waals surface area contributed by atoms with Crippen molar-refractivity contribution >= 4 is 46.8 Å². The van der Waals surface area contributed by atoms with Crippen molar-refractivity contribution in [1.82, 2.24) is 20.4 Å². The molecular weight excluding hydrogens is 684 g/mol. The van der Waals surface area contributed by atoms with E-state index in [0.29, 0.717) is 38.8 Å². The highest BCUT2D eigenvalue weighted by Gasteiger charge is 2.40. The fourth-order valence-corrected chi connectivity index (χ4v) is 7.59. The van der Waals surface area contributed by atoms with Crippen molar-refractivity contribution in [2.24, 2.45) is 0 Å². The zero-order chi connectivity index (χ0) is 37.6. The summed E-state index contributed by atoms with van der Waals surface area (Å²) in [7, 11) is 0. The van der Waals surface area contributed by atoms with E-state index in [1.165, 1.54) is 9.80 Å². The Morgan fingerprint density at radius 2 is 0.852 bits per heavy atom. The number of amides is 6. The van der Waals surface area contributed by atoms with Gasteiger partial charge in [-0.3, -0.25) is 28.8 Å². The number of para-hydroxylation sites is 2. The molecule has 0 saturated carbocycles. The van der Waals surface area contributed by atoms with E-state index >= 15 is 0 Å². The van der Waals surface area contributed by atoms with E-state index in [1.54, 1.807) is 48.5 Å². The highest BCUT2D eigenvalue weighted by molar-refractivity contribution is 6.09. The lowest BCUT2D eigenvalue weighted by Gasteiger charge is -2.30. The van der Waals surface area contributed by atoms with Crippen LogP contribution in [0.4, 0.5) is 11.4 Å². The maximum atomic E-state index is 14.4. The minimum Gasteiger partial charge on any atom is -0.340 e. The zero-order valence-electron chi connectivity index (χ0n) is 29.7. The van der Waals surface area contributed by atoms with Gasteiger partial charge in [0, 0.05) is 25.9 Å². The molecule has 0 radical (unpaired) electrons. The molecule has 4 N–H and O–H groups in total. The Morgan fingerprint density at radius 3 is 1.26 bits per heavy atom. The summed E-state index contributed by atoms with van der Waals surface area (Å²) in [6.07, 6.45) is 2.23. The molecule has 3 aliphatic rings. The largest absolute Gasteiger partial charge is 0.340 e. The van der Waals surface area contributed by atoms with Crippen LogP contribution >= 0.6 is 0 Å². The number of hydrogen-bond acceptors (Lipinski definition) is 6. The first-order chi connectivity index (χ1) is 26.3. The molecule has 0 spiro atoms. The smallest absolute Gasteiger partial charge is 0.254 e. The monoisotopic (exact) mass is 726 g/mol. The zero-order valence-corrected chi connectivity index (χ0v) is 29.7. The molecule has 4 aromatic rings. The number of carbonyl (C=O) groups is 6. The van der Waals surface area contributed by atoms with Crippen LogP contribution in [0.25, 0.3) is 0 Å². The molecule has 3 aliphatic heterocycles. The highest BCUT2D eigenvalue weighted by Crippen LogP contribution is 2.26. The molecule has 12 heteroatoms. The van der Waals surface area contributed by atoms with E-state index in [9.17, 15) is 28.8 Å². The van der Waals surface area contributed by atoms with Crippen LogP contribution in [0, 0.1) is 0 Å². The third kappa shape index (κ3) is 7.87. The summed E-state index contributed by atoms with van der Waals surface area (Å²) in [4.78, 5) is 87.7. The fourth-order valence-electron chi connectivity index (χ4n) is 7.59. The van der Waals surface area contributed by atoms with Crippen molar-refractivity contribution in [2.75, 3.05) is 23.7 Å². The van der Waals surface area contributed by atoms with Crippen LogP contribution in [0.5, 0.6) is 0 Å². The molecule has 2 fully saturated rings. The van der Waals surface area contributed by atoms with Crippen LogP contribution in [-0.2, 0) is 32.0 Å². The second-order valence-electron chi connectivity index (χ2n) is 13.9. The third-order valence-corrected chi connectivity index (χ3v) is 10.3. The lowest BCUT2D eigenvalue weighted by molar-refractivity contribution is -0.138. The van der Waals surface area contributed by atoms with Crippen LogP contribution in [0.2, 0.25) is 0 Å². The fraction of sp³-hybridized carbons (Fsp3) is 0.286. The third-order valence-electron chi connectivity index (χ3n) is 10.3. The average molecular weight is 727 g/mol. The first-order valence-corrected chi connectivity index (χ1v) is 18.4. The SMILES string of the molecule is O=C1N[C@@H](Cc2ccccc2)C(=O)N2CCC[C@H]2C(=O)Nc2ccccc2C(=O)N[C@@H](Cc2ccccc2)C(=O)N2CCC[C@H]2C(=O)Nc2ccccc21. The van der Waals surface area contributed by atoms with Gasteiger partial charge in [-0.2, -0.15) is 0 Å². The second-order valence-corrected chi connectivity index (χ2v) is 13.9. The minimum atomic E-state index is -1.04. The maximum Gasteiger partial charge on any atom is 0.254 e. The summed E-state index contributed by atoms with van der Waals surface area (Å²) in [5, 5.41) is 11.6. The van der Waals surface area contributed by atoms with E-state index in [2.05, 4.69) is 21.3 Å². The predicted molar refractivity (Wildman–Crippen MR) is 202 cm³/mol. The Morgan fingerprint density at radius 1 is 0.481 bits per heavy atom. The van der Waals surface area contributed by atoms with Crippen molar-refractivity contribution in [3.8, 4) is 0 Å². The van der Waals surface area contributed by atoms with Crippen molar-refractivity contribution in [2.45, 2.75) is 62.7 Å². The molecular formula is C42H42N6O6. The van der Waals surface area contributed by atoms with Gasteiger partial charge in [-0.1, -0.05) is 84.9 Å². The highest BCUT2D eigenvalue weighted by atomic mass is 16.2. The molecule has 276 valence electrons. The number of rotatable bonds is 4. The van der Waals surface area contributed by atoms with Crippen molar-refractivity contribution in [1.29, 1.82) is 0 Å². The summed E-state index contributed by atoms with van der Waals surface area (Å²) >= 11 is 0. The van der Waals surface area contributed by atoms with Gasteiger partial charge < -0.3 is 31.1 Å². The van der Waals surface area contributed by atoms with Gasteiger partial charge in [0.25, 0.3) is 11.8 Å². The average Bonchev–Trinajstić information content (AvgIpc) is 3.89. The summed E-state index contributed by atoms with van der Waals surface area (Å²) in [5.74, 6) is -2.93. The van der Waals surface area contributed by atoms with Gasteiger partial charge in [-0.15, -0.1) is 0 Å². The van der Waals surface area contributed by atoms with Crippen LogP contribution in [0.3, 0.4) is 0 Å². The Bertz CT molecular complexity index is 1910. The topological polar surface area (TPSA) is 157 Å². The lowest BCUT2D eigenvalue weighted by atomic mass is 10.0. The number of nitrogens with one attached hydrogen (secondary N) is 4. The van der Waals surface area contributed by atoms with E-state index in [-0.39, 0.29) is 35.3 Å². The molecule has 4 atom stereocenters. The Hall–Kier alpha value is -6.30. The Kier molecular flexibility index (Phi) is 10.8. The summed E-state index contributed by atoms with van der Waals surface area (Å²) in [5.41, 5.74) is 2.35. The van der Waals surface area contributed by atoms with Crippen LogP contribution in [-0.4, -0.2) is 82.5 Å². The first-order valence-electron chi connectivity index (χ1n) is 18.4. The maximum absolute atomic E-state index is 14.4. The van der Waals surface area contributed by atoms with Gasteiger partial charge in [-0.25, -0.2) is 0 Å². The molecule has 0 aromatic heterocycles. The number of hydrogen-bond donors (Lipinski definition) is 4. The van der Waals surface area contributed by atoms with E-state index in [0.717, 1.165) is 11.1 Å². The van der Waals surface area contributed by atoms with Gasteiger partial charge in [-0.05, 0) is 61.1 Å². The molecule has 4 aromatic carbocycles. The molecule has 12 nitrogen and oxygen atoms in total. The van der Waals surface area contributed by atoms with Gasteiger partial charge in [0.2, 0.25) is 23.6 Å². The standard InChI is InChI=1S/C42H42N6O6/c49-37-29-17-7-9-19-31(29)43-40(52)36-22-12-24-48(36)42(54)34(26-28-15-5-2-6-16-28)46-38(50)30-18-8-10-20-32(30)44-39(51)35-21-11-23-47(35)41(53)33(45-37)25-27-13-3-1-4-14-27/h1-10,13-20,33-36H,11-12,21-26H2,(H,43,52)(H,44,51)(H,45,49)(H,46,50)/t33-,34-,35-,36-/m0/s1. The van der Waals surface area contributed by atoms with E-state index in [1.807, 2.05) is 60.7 Å². The normalized spacial score (nSPS) is 22.5. The van der Waals surface area contributed by atoms with Crippen molar-refractivity contribution < 1.29 is 28.8 Å². The predicted octanol–water partition coefficient (Wildman–Crippen LogP) is 3.94. The molecule has 0 bridgehead atoms. The van der Waals surface area contributed by atoms with Crippen LogP contribution in [0.1, 0.15) is 57.5 Å². The summed E-state index contributed by atoms with van der Waals surface area (Å²) in [6, 6.07) is 27.8. The molecule has 0 aliphatic carbocycles. The number of fused-ring (bicyclic) bond motifs is 4.